The van der Waals surface area contributed by atoms with Gasteiger partial charge in [-0.15, -0.1) is 0 Å². The van der Waals surface area contributed by atoms with Crippen molar-refractivity contribution in [2.45, 2.75) is 45.6 Å². The van der Waals surface area contributed by atoms with E-state index >= 15 is 0 Å². The molecule has 0 saturated carbocycles. The van der Waals surface area contributed by atoms with Gasteiger partial charge in [-0.1, -0.05) is 44.5 Å². The van der Waals surface area contributed by atoms with Crippen molar-refractivity contribution in [2.24, 2.45) is 5.92 Å². The Labute approximate surface area is 158 Å². The van der Waals surface area contributed by atoms with Crippen LogP contribution in [0.3, 0.4) is 0 Å². The molecule has 0 amide bonds. The van der Waals surface area contributed by atoms with E-state index in [1.807, 2.05) is 12.1 Å². The van der Waals surface area contributed by atoms with E-state index < -0.39 is 0 Å². The van der Waals surface area contributed by atoms with Crippen molar-refractivity contribution in [1.82, 2.24) is 5.32 Å². The van der Waals surface area contributed by atoms with Gasteiger partial charge in [-0.2, -0.15) is 0 Å². The molecule has 142 valence electrons. The summed E-state index contributed by atoms with van der Waals surface area (Å²) < 4.78 is 10.5. The average Bonchev–Trinajstić information content (AvgIpc) is 2.68. The lowest BCUT2D eigenvalue weighted by Crippen LogP contribution is -2.17. The van der Waals surface area contributed by atoms with Gasteiger partial charge in [0.15, 0.2) is 0 Å². The van der Waals surface area contributed by atoms with Crippen molar-refractivity contribution in [1.29, 1.82) is 0 Å². The number of hydrogen-bond donors (Lipinski definition) is 1. The molecule has 0 aliphatic carbocycles. The summed E-state index contributed by atoms with van der Waals surface area (Å²) in [6.45, 7) is 6.50. The number of methoxy groups -OCH3 is 2. The average molecular weight is 356 g/mol. The Morgan fingerprint density at radius 2 is 1.35 bits per heavy atom. The van der Waals surface area contributed by atoms with Crippen LogP contribution in [0.1, 0.15) is 50.2 Å². The van der Waals surface area contributed by atoms with E-state index in [4.69, 9.17) is 9.47 Å². The largest absolute Gasteiger partial charge is 0.497 e. The van der Waals surface area contributed by atoms with E-state index in [-0.39, 0.29) is 0 Å². The van der Waals surface area contributed by atoms with Crippen LogP contribution in [0, 0.1) is 5.92 Å². The zero-order chi connectivity index (χ0) is 18.8. The van der Waals surface area contributed by atoms with Crippen LogP contribution in [0.15, 0.2) is 48.5 Å². The minimum Gasteiger partial charge on any atom is -0.497 e. The van der Waals surface area contributed by atoms with E-state index in [0.717, 1.165) is 36.9 Å². The Morgan fingerprint density at radius 3 is 1.88 bits per heavy atom. The first kappa shape index (κ1) is 20.3. The van der Waals surface area contributed by atoms with Crippen molar-refractivity contribution >= 4 is 0 Å². The molecule has 2 aromatic carbocycles. The molecule has 0 spiro atoms. The highest BCUT2D eigenvalue weighted by molar-refractivity contribution is 5.29. The maximum Gasteiger partial charge on any atom is 0.118 e. The number of rotatable bonds is 11. The highest BCUT2D eigenvalue weighted by Crippen LogP contribution is 2.28. The van der Waals surface area contributed by atoms with Crippen LogP contribution in [0.5, 0.6) is 11.5 Å². The fourth-order valence-electron chi connectivity index (χ4n) is 3.14. The lowest BCUT2D eigenvalue weighted by Gasteiger charge is -2.19. The predicted molar refractivity (Wildman–Crippen MR) is 109 cm³/mol. The summed E-state index contributed by atoms with van der Waals surface area (Å²) in [6.07, 6.45) is 3.64. The molecule has 26 heavy (non-hydrogen) atoms. The van der Waals surface area contributed by atoms with Crippen molar-refractivity contribution in [3.05, 3.63) is 59.7 Å². The van der Waals surface area contributed by atoms with Crippen molar-refractivity contribution in [2.75, 3.05) is 20.8 Å². The van der Waals surface area contributed by atoms with E-state index in [0.29, 0.717) is 5.92 Å². The summed E-state index contributed by atoms with van der Waals surface area (Å²) in [4.78, 5) is 0. The third-order valence-corrected chi connectivity index (χ3v) is 4.84. The second-order valence-corrected chi connectivity index (χ2v) is 7.25. The van der Waals surface area contributed by atoms with Gasteiger partial charge in [0.05, 0.1) is 14.2 Å². The molecule has 3 nitrogen and oxygen atoms in total. The van der Waals surface area contributed by atoms with Crippen molar-refractivity contribution in [3.63, 3.8) is 0 Å². The SMILES string of the molecule is COc1ccc(CNCC[C@H](CCC(C)C)c2ccc(OC)cc2)cc1. The molecular weight excluding hydrogens is 322 g/mol. The molecule has 3 heteroatoms. The third kappa shape index (κ3) is 6.72. The summed E-state index contributed by atoms with van der Waals surface area (Å²) in [5.41, 5.74) is 2.70. The first-order chi connectivity index (χ1) is 12.6. The zero-order valence-corrected chi connectivity index (χ0v) is 16.6. The van der Waals surface area contributed by atoms with Crippen LogP contribution in [0.25, 0.3) is 0 Å². The van der Waals surface area contributed by atoms with Gasteiger partial charge in [0.1, 0.15) is 11.5 Å². The molecule has 1 N–H and O–H groups in total. The van der Waals surface area contributed by atoms with Crippen LogP contribution in [-0.2, 0) is 6.54 Å². The second kappa shape index (κ2) is 10.9. The fraction of sp³-hybridized carbons (Fsp3) is 0.478. The highest BCUT2D eigenvalue weighted by Gasteiger charge is 2.12. The predicted octanol–water partition coefficient (Wildman–Crippen LogP) is 5.40. The van der Waals surface area contributed by atoms with E-state index in [2.05, 4.69) is 55.6 Å². The van der Waals surface area contributed by atoms with Gasteiger partial charge in [0, 0.05) is 6.54 Å². The maximum atomic E-state index is 5.29. The molecule has 2 rings (SSSR count). The van der Waals surface area contributed by atoms with Gasteiger partial charge in [-0.05, 0) is 66.6 Å². The van der Waals surface area contributed by atoms with Crippen LogP contribution >= 0.6 is 0 Å². The molecule has 0 aliphatic rings. The Balaban J connectivity index is 1.86. The minimum absolute atomic E-state index is 0.590. The number of hydrogen-bond acceptors (Lipinski definition) is 3. The minimum atomic E-state index is 0.590. The monoisotopic (exact) mass is 355 g/mol. The molecule has 0 radical (unpaired) electrons. The van der Waals surface area contributed by atoms with Crippen molar-refractivity contribution in [3.8, 4) is 11.5 Å². The standard InChI is InChI=1S/C23H33NO2/c1-18(2)5-8-21(20-9-13-23(26-4)14-10-20)15-16-24-17-19-6-11-22(25-3)12-7-19/h6-7,9-14,18,21,24H,5,8,15-17H2,1-4H3/t21-/m0/s1. The van der Waals surface area contributed by atoms with Gasteiger partial charge in [0.25, 0.3) is 0 Å². The molecule has 0 heterocycles. The normalized spacial score (nSPS) is 12.2. The quantitative estimate of drug-likeness (QED) is 0.547. The van der Waals surface area contributed by atoms with Gasteiger partial charge in [-0.3, -0.25) is 0 Å². The molecule has 1 atom stereocenters. The third-order valence-electron chi connectivity index (χ3n) is 4.84. The van der Waals surface area contributed by atoms with E-state index in [1.54, 1.807) is 14.2 Å². The van der Waals surface area contributed by atoms with Gasteiger partial charge in [0.2, 0.25) is 0 Å². The first-order valence-electron chi connectivity index (χ1n) is 9.60. The number of nitrogens with one attached hydrogen (secondary N) is 1. The molecule has 0 aromatic heterocycles. The number of benzene rings is 2. The fourth-order valence-corrected chi connectivity index (χ4v) is 3.14. The van der Waals surface area contributed by atoms with Crippen LogP contribution in [0.2, 0.25) is 0 Å². The topological polar surface area (TPSA) is 30.5 Å². The highest BCUT2D eigenvalue weighted by atomic mass is 16.5. The van der Waals surface area contributed by atoms with E-state index in [1.165, 1.54) is 24.0 Å². The van der Waals surface area contributed by atoms with E-state index in [9.17, 15) is 0 Å². The molecule has 0 fully saturated rings. The number of ether oxygens (including phenoxy) is 2. The smallest absolute Gasteiger partial charge is 0.118 e. The van der Waals surface area contributed by atoms with Crippen molar-refractivity contribution < 1.29 is 9.47 Å². The molecule has 2 aromatic rings. The maximum absolute atomic E-state index is 5.29. The summed E-state index contributed by atoms with van der Waals surface area (Å²) in [6, 6.07) is 16.8. The zero-order valence-electron chi connectivity index (χ0n) is 16.6. The van der Waals surface area contributed by atoms with Gasteiger partial charge >= 0.3 is 0 Å². The lowest BCUT2D eigenvalue weighted by molar-refractivity contribution is 0.414. The van der Waals surface area contributed by atoms with Crippen LogP contribution < -0.4 is 14.8 Å². The molecular formula is C23H33NO2. The first-order valence-corrected chi connectivity index (χ1v) is 9.60. The molecule has 0 bridgehead atoms. The Morgan fingerprint density at radius 1 is 0.769 bits per heavy atom. The molecule has 0 aliphatic heterocycles. The summed E-state index contributed by atoms with van der Waals surface area (Å²) in [5.74, 6) is 3.16. The Kier molecular flexibility index (Phi) is 8.49. The van der Waals surface area contributed by atoms with Crippen LogP contribution in [-0.4, -0.2) is 20.8 Å². The summed E-state index contributed by atoms with van der Waals surface area (Å²) in [7, 11) is 3.41. The molecule has 0 unspecified atom stereocenters. The van der Waals surface area contributed by atoms with Crippen LogP contribution in [0.4, 0.5) is 0 Å². The second-order valence-electron chi connectivity index (χ2n) is 7.25. The summed E-state index contributed by atoms with van der Waals surface area (Å²) >= 11 is 0. The lowest BCUT2D eigenvalue weighted by atomic mass is 9.88. The Hall–Kier alpha value is -2.00. The van der Waals surface area contributed by atoms with Gasteiger partial charge in [-0.25, -0.2) is 0 Å². The Bertz CT molecular complexity index is 620. The molecule has 0 saturated heterocycles. The summed E-state index contributed by atoms with van der Waals surface area (Å²) in [5, 5.41) is 3.58. The van der Waals surface area contributed by atoms with Gasteiger partial charge < -0.3 is 14.8 Å².